The van der Waals surface area contributed by atoms with E-state index in [9.17, 15) is 4.79 Å². The van der Waals surface area contributed by atoms with Gasteiger partial charge in [-0.1, -0.05) is 26.0 Å². The molecule has 0 saturated heterocycles. The van der Waals surface area contributed by atoms with E-state index in [1.807, 2.05) is 38.1 Å². The van der Waals surface area contributed by atoms with Gasteiger partial charge in [-0.25, -0.2) is 0 Å². The average molecular weight is 218 g/mol. The summed E-state index contributed by atoms with van der Waals surface area (Å²) in [6, 6.07) is 7.56. The van der Waals surface area contributed by atoms with E-state index in [1.165, 1.54) is 0 Å². The minimum Gasteiger partial charge on any atom is -0.490 e. The topological polar surface area (TPSA) is 26.3 Å². The highest BCUT2D eigenvalue weighted by atomic mass is 16.5. The highest BCUT2D eigenvalue weighted by Gasteiger charge is 2.23. The second-order valence-electron chi connectivity index (χ2n) is 4.52. The molecule has 1 aromatic carbocycles. The predicted octanol–water partition coefficient (Wildman–Crippen LogP) is 3.46. The van der Waals surface area contributed by atoms with Crippen LogP contribution in [0.1, 0.15) is 43.5 Å². The Morgan fingerprint density at radius 3 is 2.88 bits per heavy atom. The minimum absolute atomic E-state index is 0.0937. The van der Waals surface area contributed by atoms with E-state index in [1.54, 1.807) is 0 Å². The third-order valence-corrected chi connectivity index (χ3v) is 3.01. The van der Waals surface area contributed by atoms with Crippen LogP contribution in [0, 0.1) is 5.92 Å². The Kier molecular flexibility index (Phi) is 3.28. The number of rotatable bonds is 5. The van der Waals surface area contributed by atoms with Gasteiger partial charge in [-0.3, -0.25) is 4.79 Å². The Bertz CT molecular complexity index is 380. The van der Waals surface area contributed by atoms with Crippen LogP contribution in [0.4, 0.5) is 0 Å². The maximum Gasteiger partial charge on any atom is 0.165 e. The third kappa shape index (κ3) is 2.63. The lowest BCUT2D eigenvalue weighted by Crippen LogP contribution is -2.10. The summed E-state index contributed by atoms with van der Waals surface area (Å²) in [6.45, 7) is 4.00. The van der Waals surface area contributed by atoms with Crippen LogP contribution < -0.4 is 4.74 Å². The third-order valence-electron chi connectivity index (χ3n) is 3.01. The average Bonchev–Trinajstić information content (AvgIpc) is 3.11. The summed E-state index contributed by atoms with van der Waals surface area (Å²) in [7, 11) is 0. The Morgan fingerprint density at radius 2 is 2.25 bits per heavy atom. The molecule has 1 atom stereocenters. The van der Waals surface area contributed by atoms with Gasteiger partial charge in [0.15, 0.2) is 5.78 Å². The molecule has 0 aliphatic heterocycles. The molecule has 0 bridgehead atoms. The standard InChI is InChI=1S/C14H18O2/c1-3-10(2)14(15)11-5-4-6-13(9-11)16-12-7-8-12/h4-6,9-10,12H,3,7-8H2,1-2H3. The van der Waals surface area contributed by atoms with Crippen molar-refractivity contribution in [3.05, 3.63) is 29.8 Å². The van der Waals surface area contributed by atoms with E-state index in [0.29, 0.717) is 6.10 Å². The Morgan fingerprint density at radius 1 is 1.50 bits per heavy atom. The summed E-state index contributed by atoms with van der Waals surface area (Å²) in [4.78, 5) is 12.0. The molecule has 1 aromatic rings. The van der Waals surface area contributed by atoms with E-state index in [2.05, 4.69) is 0 Å². The summed E-state index contributed by atoms with van der Waals surface area (Å²) in [5, 5.41) is 0. The number of hydrogen-bond donors (Lipinski definition) is 0. The molecule has 1 aliphatic rings. The molecule has 0 amide bonds. The highest BCUT2D eigenvalue weighted by molar-refractivity contribution is 5.97. The smallest absolute Gasteiger partial charge is 0.165 e. The molecule has 0 heterocycles. The van der Waals surface area contributed by atoms with Crippen LogP contribution >= 0.6 is 0 Å². The van der Waals surface area contributed by atoms with Crippen LogP contribution in [0.25, 0.3) is 0 Å². The van der Waals surface area contributed by atoms with E-state index in [0.717, 1.165) is 30.6 Å². The summed E-state index contributed by atoms with van der Waals surface area (Å²) < 4.78 is 5.68. The normalized spacial score (nSPS) is 16.9. The van der Waals surface area contributed by atoms with Crippen molar-refractivity contribution in [2.45, 2.75) is 39.2 Å². The van der Waals surface area contributed by atoms with Crippen molar-refractivity contribution in [2.24, 2.45) is 5.92 Å². The van der Waals surface area contributed by atoms with Crippen LogP contribution in [-0.2, 0) is 0 Å². The second-order valence-corrected chi connectivity index (χ2v) is 4.52. The molecule has 1 fully saturated rings. The molecule has 16 heavy (non-hydrogen) atoms. The Labute approximate surface area is 96.6 Å². The van der Waals surface area contributed by atoms with Gasteiger partial charge in [0, 0.05) is 11.5 Å². The molecule has 2 rings (SSSR count). The van der Waals surface area contributed by atoms with Crippen LogP contribution in [0.2, 0.25) is 0 Å². The number of Topliss-reactive ketones (excluding diaryl/α,β-unsaturated/α-hetero) is 1. The first-order valence-corrected chi connectivity index (χ1v) is 6.01. The van der Waals surface area contributed by atoms with Crippen molar-refractivity contribution in [1.82, 2.24) is 0 Å². The quantitative estimate of drug-likeness (QED) is 0.707. The van der Waals surface area contributed by atoms with Gasteiger partial charge in [-0.2, -0.15) is 0 Å². The zero-order valence-corrected chi connectivity index (χ0v) is 9.90. The molecular weight excluding hydrogens is 200 g/mol. The molecule has 0 aromatic heterocycles. The first kappa shape index (κ1) is 11.2. The van der Waals surface area contributed by atoms with E-state index < -0.39 is 0 Å². The van der Waals surface area contributed by atoms with Crippen molar-refractivity contribution < 1.29 is 9.53 Å². The van der Waals surface area contributed by atoms with E-state index in [-0.39, 0.29) is 11.7 Å². The van der Waals surface area contributed by atoms with Crippen LogP contribution in [0.15, 0.2) is 24.3 Å². The molecule has 2 nitrogen and oxygen atoms in total. The molecular formula is C14H18O2. The maximum absolute atomic E-state index is 12.0. The largest absolute Gasteiger partial charge is 0.490 e. The molecule has 2 heteroatoms. The summed E-state index contributed by atoms with van der Waals surface area (Å²) in [5.74, 6) is 1.14. The predicted molar refractivity (Wildman–Crippen MR) is 63.9 cm³/mol. The van der Waals surface area contributed by atoms with Gasteiger partial charge in [0.25, 0.3) is 0 Å². The lowest BCUT2D eigenvalue weighted by molar-refractivity contribution is 0.0926. The molecule has 86 valence electrons. The van der Waals surface area contributed by atoms with Crippen molar-refractivity contribution >= 4 is 5.78 Å². The Balaban J connectivity index is 2.10. The first-order valence-electron chi connectivity index (χ1n) is 6.01. The maximum atomic E-state index is 12.0. The molecule has 0 radical (unpaired) electrons. The van der Waals surface area contributed by atoms with Gasteiger partial charge in [0.2, 0.25) is 0 Å². The number of ketones is 1. The van der Waals surface area contributed by atoms with Crippen LogP contribution in [0.5, 0.6) is 5.75 Å². The number of carbonyl (C=O) groups is 1. The minimum atomic E-state index is 0.0937. The molecule has 1 unspecified atom stereocenters. The van der Waals surface area contributed by atoms with E-state index >= 15 is 0 Å². The van der Waals surface area contributed by atoms with Crippen molar-refractivity contribution in [3.8, 4) is 5.75 Å². The monoisotopic (exact) mass is 218 g/mol. The van der Waals surface area contributed by atoms with Crippen molar-refractivity contribution in [2.75, 3.05) is 0 Å². The van der Waals surface area contributed by atoms with Gasteiger partial charge >= 0.3 is 0 Å². The van der Waals surface area contributed by atoms with Gasteiger partial charge in [-0.05, 0) is 31.4 Å². The van der Waals surface area contributed by atoms with Gasteiger partial charge in [0.05, 0.1) is 6.10 Å². The lowest BCUT2D eigenvalue weighted by atomic mass is 9.97. The zero-order valence-electron chi connectivity index (χ0n) is 9.90. The van der Waals surface area contributed by atoms with Gasteiger partial charge in [0.1, 0.15) is 5.75 Å². The number of ether oxygens (including phenoxy) is 1. The fourth-order valence-corrected chi connectivity index (χ4v) is 1.57. The highest BCUT2D eigenvalue weighted by Crippen LogP contribution is 2.27. The second kappa shape index (κ2) is 4.69. The summed E-state index contributed by atoms with van der Waals surface area (Å²) in [6.07, 6.45) is 3.55. The van der Waals surface area contributed by atoms with Gasteiger partial charge in [-0.15, -0.1) is 0 Å². The first-order chi connectivity index (χ1) is 7.70. The molecule has 1 saturated carbocycles. The SMILES string of the molecule is CCC(C)C(=O)c1cccc(OC2CC2)c1. The van der Waals surface area contributed by atoms with Crippen LogP contribution in [0.3, 0.4) is 0 Å². The van der Waals surface area contributed by atoms with Crippen LogP contribution in [-0.4, -0.2) is 11.9 Å². The fraction of sp³-hybridized carbons (Fsp3) is 0.500. The molecule has 0 spiro atoms. The van der Waals surface area contributed by atoms with Gasteiger partial charge < -0.3 is 4.74 Å². The van der Waals surface area contributed by atoms with Crippen molar-refractivity contribution in [1.29, 1.82) is 0 Å². The number of benzene rings is 1. The van der Waals surface area contributed by atoms with Crippen molar-refractivity contribution in [3.63, 3.8) is 0 Å². The zero-order chi connectivity index (χ0) is 11.5. The van der Waals surface area contributed by atoms with E-state index in [4.69, 9.17) is 4.74 Å². The fourth-order valence-electron chi connectivity index (χ4n) is 1.57. The number of carbonyl (C=O) groups excluding carboxylic acids is 1. The molecule has 1 aliphatic carbocycles. The summed E-state index contributed by atoms with van der Waals surface area (Å²) >= 11 is 0. The Hall–Kier alpha value is -1.31. The lowest BCUT2D eigenvalue weighted by Gasteiger charge is -2.09. The molecule has 0 N–H and O–H groups in total. The number of hydrogen-bond acceptors (Lipinski definition) is 2. The summed E-state index contributed by atoms with van der Waals surface area (Å²) in [5.41, 5.74) is 0.771.